The van der Waals surface area contributed by atoms with Gasteiger partial charge in [0.1, 0.15) is 0 Å². The number of amides is 1. The third kappa shape index (κ3) is 4.91. The van der Waals surface area contributed by atoms with Crippen LogP contribution in [-0.4, -0.2) is 48.7 Å². The average molecular weight is 371 g/mol. The van der Waals surface area contributed by atoms with Crippen LogP contribution in [0, 0.1) is 5.92 Å². The molecular weight excluding hydrogens is 336 g/mol. The zero-order valence-electron chi connectivity index (χ0n) is 16.5. The van der Waals surface area contributed by atoms with Gasteiger partial charge in [-0.3, -0.25) is 4.79 Å². The number of likely N-dealkylation sites (tertiary alicyclic amines) is 1. The minimum absolute atomic E-state index is 0.00227. The number of piperidine rings is 1. The molecule has 1 spiro atoms. The highest BCUT2D eigenvalue weighted by atomic mass is 16.5. The van der Waals surface area contributed by atoms with Gasteiger partial charge in [-0.15, -0.1) is 0 Å². The first-order valence-corrected chi connectivity index (χ1v) is 11.0. The van der Waals surface area contributed by atoms with Crippen LogP contribution in [0.5, 0.6) is 0 Å². The van der Waals surface area contributed by atoms with E-state index >= 15 is 0 Å². The fraction of sp³-hybridized carbons (Fsp3) is 0.696. The van der Waals surface area contributed by atoms with Crippen LogP contribution in [0.4, 0.5) is 0 Å². The summed E-state index contributed by atoms with van der Waals surface area (Å²) in [6.45, 7) is 4.28. The quantitative estimate of drug-likeness (QED) is 0.851. The Balaban J connectivity index is 1.20. The van der Waals surface area contributed by atoms with E-state index in [-0.39, 0.29) is 17.6 Å². The van der Waals surface area contributed by atoms with Crippen molar-refractivity contribution in [3.8, 4) is 0 Å². The van der Waals surface area contributed by atoms with E-state index in [0.717, 1.165) is 37.2 Å². The van der Waals surface area contributed by atoms with Gasteiger partial charge in [-0.2, -0.15) is 0 Å². The Bertz CT molecular complexity index is 604. The first-order valence-electron chi connectivity index (χ1n) is 11.0. The van der Waals surface area contributed by atoms with E-state index in [1.807, 2.05) is 30.3 Å². The van der Waals surface area contributed by atoms with Crippen molar-refractivity contribution in [2.24, 2.45) is 5.92 Å². The maximum atomic E-state index is 12.2. The monoisotopic (exact) mass is 370 g/mol. The highest BCUT2D eigenvalue weighted by molar-refractivity contribution is 5.94. The molecule has 27 heavy (non-hydrogen) atoms. The highest BCUT2D eigenvalue weighted by Gasteiger charge is 2.42. The fourth-order valence-corrected chi connectivity index (χ4v) is 5.18. The van der Waals surface area contributed by atoms with Crippen LogP contribution in [0.25, 0.3) is 0 Å². The highest BCUT2D eigenvalue weighted by Crippen LogP contribution is 2.39. The van der Waals surface area contributed by atoms with Gasteiger partial charge >= 0.3 is 0 Å². The fourth-order valence-electron chi connectivity index (χ4n) is 5.18. The zero-order valence-corrected chi connectivity index (χ0v) is 16.5. The third-order valence-corrected chi connectivity index (χ3v) is 6.87. The molecule has 1 aromatic carbocycles. The molecule has 1 aromatic rings. The molecule has 3 fully saturated rings. The molecule has 148 valence electrons. The molecule has 1 atom stereocenters. The number of benzene rings is 1. The Morgan fingerprint density at radius 1 is 1.04 bits per heavy atom. The Morgan fingerprint density at radius 3 is 2.52 bits per heavy atom. The molecule has 0 radical (unpaired) electrons. The van der Waals surface area contributed by atoms with Crippen LogP contribution in [-0.2, 0) is 4.74 Å². The third-order valence-electron chi connectivity index (χ3n) is 6.87. The second-order valence-electron chi connectivity index (χ2n) is 8.84. The Kier molecular flexibility index (Phi) is 6.14. The summed E-state index contributed by atoms with van der Waals surface area (Å²) in [5.41, 5.74) is 0.798. The first-order chi connectivity index (χ1) is 13.2. The van der Waals surface area contributed by atoms with E-state index in [4.69, 9.17) is 4.74 Å². The Hall–Kier alpha value is -1.39. The molecule has 4 nitrogen and oxygen atoms in total. The van der Waals surface area contributed by atoms with E-state index in [9.17, 15) is 4.79 Å². The maximum absolute atomic E-state index is 12.2. The normalized spacial score (nSPS) is 26.3. The molecule has 0 bridgehead atoms. The summed E-state index contributed by atoms with van der Waals surface area (Å²) in [5, 5.41) is 3.05. The molecular formula is C23H34N2O2. The number of carbonyl (C=O) groups excluding carboxylic acids is 1. The number of nitrogens with one attached hydrogen (secondary N) is 1. The SMILES string of the molecule is O=C(NC[C@H]1CCC2(CCN(CC3CCCCC3)CC2)O1)c1ccccc1. The van der Waals surface area contributed by atoms with Gasteiger partial charge in [0.25, 0.3) is 5.91 Å². The number of ether oxygens (including phenoxy) is 1. The van der Waals surface area contributed by atoms with Gasteiger partial charge in [0, 0.05) is 31.7 Å². The van der Waals surface area contributed by atoms with E-state index in [1.165, 1.54) is 51.7 Å². The van der Waals surface area contributed by atoms with Crippen molar-refractivity contribution in [3.63, 3.8) is 0 Å². The van der Waals surface area contributed by atoms with Gasteiger partial charge in [0.2, 0.25) is 0 Å². The summed E-state index contributed by atoms with van der Waals surface area (Å²) in [7, 11) is 0. The summed E-state index contributed by atoms with van der Waals surface area (Å²) in [4.78, 5) is 14.9. The standard InChI is InChI=1S/C23H34N2O2/c26-22(20-9-5-2-6-10-20)24-17-21-11-12-23(27-21)13-15-25(16-14-23)18-19-7-3-1-4-8-19/h2,5-6,9-10,19,21H,1,3-4,7-8,11-18H2,(H,24,26)/t21-/m1/s1. The number of carbonyl (C=O) groups is 1. The number of hydrogen-bond acceptors (Lipinski definition) is 3. The van der Waals surface area contributed by atoms with E-state index in [1.54, 1.807) is 0 Å². The molecule has 0 aromatic heterocycles. The van der Waals surface area contributed by atoms with Crippen LogP contribution >= 0.6 is 0 Å². The van der Waals surface area contributed by atoms with Crippen molar-refractivity contribution in [1.29, 1.82) is 0 Å². The summed E-state index contributed by atoms with van der Waals surface area (Å²) >= 11 is 0. The molecule has 4 heteroatoms. The molecule has 2 heterocycles. The lowest BCUT2D eigenvalue weighted by Gasteiger charge is -2.40. The van der Waals surface area contributed by atoms with Crippen LogP contribution in [0.15, 0.2) is 30.3 Å². The van der Waals surface area contributed by atoms with E-state index < -0.39 is 0 Å². The van der Waals surface area contributed by atoms with Gasteiger partial charge in [-0.1, -0.05) is 37.5 Å². The molecule has 1 aliphatic carbocycles. The second kappa shape index (κ2) is 8.74. The van der Waals surface area contributed by atoms with Crippen LogP contribution in [0.1, 0.15) is 68.1 Å². The maximum Gasteiger partial charge on any atom is 0.251 e. The lowest BCUT2D eigenvalue weighted by atomic mass is 9.86. The largest absolute Gasteiger partial charge is 0.370 e. The topological polar surface area (TPSA) is 41.6 Å². The van der Waals surface area contributed by atoms with Gasteiger partial charge in [0.15, 0.2) is 0 Å². The lowest BCUT2D eigenvalue weighted by molar-refractivity contribution is -0.0772. The smallest absolute Gasteiger partial charge is 0.251 e. The van der Waals surface area contributed by atoms with Crippen molar-refractivity contribution in [1.82, 2.24) is 10.2 Å². The predicted octanol–water partition coefficient (Wildman–Crippen LogP) is 4.01. The minimum Gasteiger partial charge on any atom is -0.370 e. The molecule has 1 saturated carbocycles. The summed E-state index contributed by atoms with van der Waals surface area (Å²) < 4.78 is 6.47. The van der Waals surface area contributed by atoms with Crippen molar-refractivity contribution in [3.05, 3.63) is 35.9 Å². The first kappa shape index (κ1) is 18.9. The molecule has 3 aliphatic rings. The molecule has 4 rings (SSSR count). The van der Waals surface area contributed by atoms with Crippen molar-refractivity contribution >= 4 is 5.91 Å². The zero-order chi connectivity index (χ0) is 18.5. The number of hydrogen-bond donors (Lipinski definition) is 1. The van der Waals surface area contributed by atoms with Gasteiger partial charge in [-0.25, -0.2) is 0 Å². The van der Waals surface area contributed by atoms with Crippen molar-refractivity contribution < 1.29 is 9.53 Å². The van der Waals surface area contributed by atoms with Gasteiger partial charge in [0.05, 0.1) is 11.7 Å². The minimum atomic E-state index is 0.00227. The lowest BCUT2D eigenvalue weighted by Crippen LogP contribution is -2.46. The molecule has 1 amide bonds. The molecule has 2 saturated heterocycles. The van der Waals surface area contributed by atoms with Crippen molar-refractivity contribution in [2.75, 3.05) is 26.2 Å². The Morgan fingerprint density at radius 2 is 1.78 bits per heavy atom. The van der Waals surface area contributed by atoms with Crippen molar-refractivity contribution in [2.45, 2.75) is 69.5 Å². The summed E-state index contributed by atoms with van der Waals surface area (Å²) in [6, 6.07) is 9.44. The van der Waals surface area contributed by atoms with E-state index in [0.29, 0.717) is 6.54 Å². The van der Waals surface area contributed by atoms with Crippen LogP contribution in [0.3, 0.4) is 0 Å². The van der Waals surface area contributed by atoms with Gasteiger partial charge in [-0.05, 0) is 56.6 Å². The van der Waals surface area contributed by atoms with Crippen LogP contribution in [0.2, 0.25) is 0 Å². The van der Waals surface area contributed by atoms with E-state index in [2.05, 4.69) is 10.2 Å². The summed E-state index contributed by atoms with van der Waals surface area (Å²) in [5.74, 6) is 0.931. The van der Waals surface area contributed by atoms with Crippen LogP contribution < -0.4 is 5.32 Å². The Labute approximate surface area is 163 Å². The molecule has 0 unspecified atom stereocenters. The average Bonchev–Trinajstić information content (AvgIpc) is 3.12. The molecule has 2 aliphatic heterocycles. The molecule has 1 N–H and O–H groups in total. The number of nitrogens with zero attached hydrogens (tertiary/aromatic N) is 1. The van der Waals surface area contributed by atoms with Gasteiger partial charge < -0.3 is 15.0 Å². The summed E-state index contributed by atoms with van der Waals surface area (Å²) in [6.07, 6.45) is 11.9. The number of rotatable bonds is 5. The second-order valence-corrected chi connectivity index (χ2v) is 8.84. The predicted molar refractivity (Wildman–Crippen MR) is 108 cm³/mol.